The summed E-state index contributed by atoms with van der Waals surface area (Å²) in [5, 5.41) is 11.4. The number of methoxy groups -OCH3 is 1. The van der Waals surface area contributed by atoms with Gasteiger partial charge in [0.25, 0.3) is 5.91 Å². The topological polar surface area (TPSA) is 53.3 Å². The number of fused-ring (bicyclic) bond motifs is 3. The van der Waals surface area contributed by atoms with E-state index in [-0.39, 0.29) is 5.91 Å². The van der Waals surface area contributed by atoms with E-state index in [2.05, 4.69) is 6.07 Å². The Bertz CT molecular complexity index is 733. The lowest BCUT2D eigenvalue weighted by Crippen LogP contribution is -2.29. The van der Waals surface area contributed by atoms with Crippen LogP contribution in [0.5, 0.6) is 0 Å². The molecule has 2 aromatic carbocycles. The van der Waals surface area contributed by atoms with Crippen molar-refractivity contribution in [2.45, 2.75) is 12.5 Å². The van der Waals surface area contributed by atoms with Gasteiger partial charge in [0.15, 0.2) is 0 Å². The lowest BCUT2D eigenvalue weighted by molar-refractivity contribution is 0.0739. The average Bonchev–Trinajstić information content (AvgIpc) is 2.80. The molecule has 2 aromatic rings. The van der Waals surface area contributed by atoms with Crippen molar-refractivity contribution in [3.05, 3.63) is 47.5 Å². The molecule has 21 heavy (non-hydrogen) atoms. The van der Waals surface area contributed by atoms with Crippen LogP contribution in [0.2, 0.25) is 0 Å². The summed E-state index contributed by atoms with van der Waals surface area (Å²) in [5.74, 6) is -0.0514. The molecule has 106 valence electrons. The Labute approximate surface area is 123 Å². The molecular formula is C17H16N2O2. The molecule has 0 spiro atoms. The quantitative estimate of drug-likeness (QED) is 0.809. The third-order valence-corrected chi connectivity index (χ3v) is 3.91. The van der Waals surface area contributed by atoms with Crippen LogP contribution < -0.4 is 0 Å². The van der Waals surface area contributed by atoms with E-state index in [9.17, 15) is 10.1 Å². The number of carbonyl (C=O) groups is 1. The molecule has 4 heteroatoms. The first-order valence-electron chi connectivity index (χ1n) is 6.99. The Morgan fingerprint density at radius 1 is 1.29 bits per heavy atom. The predicted molar refractivity (Wildman–Crippen MR) is 79.8 cm³/mol. The number of nitrogens with zero attached hydrogens (tertiary/aromatic N) is 2. The van der Waals surface area contributed by atoms with Crippen LogP contribution in [0, 0.1) is 11.3 Å². The number of hydrogen-bond donors (Lipinski definition) is 0. The number of rotatable bonds is 4. The van der Waals surface area contributed by atoms with Crippen molar-refractivity contribution >= 4 is 16.7 Å². The molecule has 1 atom stereocenters. The molecule has 1 heterocycles. The molecule has 1 amide bonds. The second kappa shape index (κ2) is 5.55. The molecule has 0 aliphatic carbocycles. The molecule has 0 aromatic heterocycles. The van der Waals surface area contributed by atoms with Gasteiger partial charge in [-0.3, -0.25) is 4.79 Å². The zero-order valence-electron chi connectivity index (χ0n) is 11.9. The van der Waals surface area contributed by atoms with Crippen molar-refractivity contribution in [3.63, 3.8) is 0 Å². The second-order valence-electron chi connectivity index (χ2n) is 5.13. The fraction of sp³-hybridized carbons (Fsp3) is 0.294. The first kappa shape index (κ1) is 13.6. The minimum Gasteiger partial charge on any atom is -0.385 e. The third-order valence-electron chi connectivity index (χ3n) is 3.91. The van der Waals surface area contributed by atoms with Crippen LogP contribution >= 0.6 is 0 Å². The third kappa shape index (κ3) is 2.16. The van der Waals surface area contributed by atoms with E-state index in [1.54, 1.807) is 12.0 Å². The molecule has 0 N–H and O–H groups in total. The molecule has 0 fully saturated rings. The molecule has 1 aliphatic rings. The van der Waals surface area contributed by atoms with E-state index < -0.39 is 6.04 Å². The SMILES string of the molecule is COCCCN1C(=O)c2c(ccc3ccccc23)C1C#N. The molecule has 4 nitrogen and oxygen atoms in total. The number of benzene rings is 2. The Hall–Kier alpha value is -2.38. The number of nitriles is 1. The lowest BCUT2D eigenvalue weighted by atomic mass is 9.98. The van der Waals surface area contributed by atoms with Crippen LogP contribution in [0.1, 0.15) is 28.4 Å². The lowest BCUT2D eigenvalue weighted by Gasteiger charge is -2.19. The van der Waals surface area contributed by atoms with Crippen LogP contribution in [0.3, 0.4) is 0 Å². The second-order valence-corrected chi connectivity index (χ2v) is 5.13. The smallest absolute Gasteiger partial charge is 0.256 e. The fourth-order valence-corrected chi connectivity index (χ4v) is 2.93. The van der Waals surface area contributed by atoms with E-state index >= 15 is 0 Å². The molecule has 1 unspecified atom stereocenters. The summed E-state index contributed by atoms with van der Waals surface area (Å²) < 4.78 is 5.03. The van der Waals surface area contributed by atoms with Crippen molar-refractivity contribution < 1.29 is 9.53 Å². The van der Waals surface area contributed by atoms with Gasteiger partial charge in [-0.05, 0) is 17.2 Å². The molecule has 1 aliphatic heterocycles. The first-order valence-corrected chi connectivity index (χ1v) is 6.99. The molecule has 0 saturated carbocycles. The Balaban J connectivity index is 2.05. The van der Waals surface area contributed by atoms with Crippen LogP contribution in [0.15, 0.2) is 36.4 Å². The highest BCUT2D eigenvalue weighted by Crippen LogP contribution is 2.37. The normalized spacial score (nSPS) is 17.0. The van der Waals surface area contributed by atoms with Crippen LogP contribution in [0.4, 0.5) is 0 Å². The first-order chi connectivity index (χ1) is 10.3. The van der Waals surface area contributed by atoms with Crippen molar-refractivity contribution in [2.24, 2.45) is 0 Å². The minimum atomic E-state index is -0.492. The standard InChI is InChI=1S/C17H16N2O2/c1-21-10-4-9-19-15(11-18)14-8-7-12-5-2-3-6-13(12)16(14)17(19)20/h2-3,5-8,15H,4,9-10H2,1H3. The maximum absolute atomic E-state index is 12.7. The van der Waals surface area contributed by atoms with Crippen LogP contribution in [0.25, 0.3) is 10.8 Å². The fourth-order valence-electron chi connectivity index (χ4n) is 2.93. The van der Waals surface area contributed by atoms with Gasteiger partial charge in [0, 0.05) is 25.8 Å². The Kier molecular flexibility index (Phi) is 3.59. The van der Waals surface area contributed by atoms with Gasteiger partial charge in [-0.2, -0.15) is 5.26 Å². The van der Waals surface area contributed by atoms with Gasteiger partial charge in [0.2, 0.25) is 0 Å². The Morgan fingerprint density at radius 3 is 2.86 bits per heavy atom. The van der Waals surface area contributed by atoms with E-state index in [0.717, 1.165) is 22.8 Å². The summed E-state index contributed by atoms with van der Waals surface area (Å²) in [5.41, 5.74) is 1.50. The summed E-state index contributed by atoms with van der Waals surface area (Å²) in [6.07, 6.45) is 0.729. The maximum Gasteiger partial charge on any atom is 0.256 e. The van der Waals surface area contributed by atoms with E-state index in [4.69, 9.17) is 4.74 Å². The van der Waals surface area contributed by atoms with Gasteiger partial charge in [-0.1, -0.05) is 36.4 Å². The van der Waals surface area contributed by atoms with Crippen molar-refractivity contribution in [2.75, 3.05) is 20.3 Å². The summed E-state index contributed by atoms with van der Waals surface area (Å²) in [6, 6.07) is 13.4. The van der Waals surface area contributed by atoms with Gasteiger partial charge in [-0.25, -0.2) is 0 Å². The zero-order valence-corrected chi connectivity index (χ0v) is 11.9. The monoisotopic (exact) mass is 280 g/mol. The van der Waals surface area contributed by atoms with E-state index in [0.29, 0.717) is 18.7 Å². The predicted octanol–water partition coefficient (Wildman–Crippen LogP) is 2.90. The molecular weight excluding hydrogens is 264 g/mol. The van der Waals surface area contributed by atoms with Gasteiger partial charge in [0.05, 0.1) is 11.6 Å². The number of hydrogen-bond acceptors (Lipinski definition) is 3. The highest BCUT2D eigenvalue weighted by atomic mass is 16.5. The number of carbonyl (C=O) groups excluding carboxylic acids is 1. The molecule has 0 saturated heterocycles. The van der Waals surface area contributed by atoms with Gasteiger partial charge in [0.1, 0.15) is 6.04 Å². The average molecular weight is 280 g/mol. The highest BCUT2D eigenvalue weighted by Gasteiger charge is 2.37. The summed E-state index contributed by atoms with van der Waals surface area (Å²) >= 11 is 0. The Morgan fingerprint density at radius 2 is 2.10 bits per heavy atom. The molecule has 3 rings (SSSR count). The van der Waals surface area contributed by atoms with Gasteiger partial charge >= 0.3 is 0 Å². The maximum atomic E-state index is 12.7. The summed E-state index contributed by atoms with van der Waals surface area (Å²) in [6.45, 7) is 1.12. The van der Waals surface area contributed by atoms with Crippen molar-refractivity contribution in [3.8, 4) is 6.07 Å². The number of amides is 1. The van der Waals surface area contributed by atoms with Crippen LogP contribution in [-0.4, -0.2) is 31.1 Å². The number of ether oxygens (including phenoxy) is 1. The minimum absolute atomic E-state index is 0.0514. The molecule has 0 radical (unpaired) electrons. The van der Waals surface area contributed by atoms with E-state index in [1.165, 1.54) is 0 Å². The van der Waals surface area contributed by atoms with Gasteiger partial charge < -0.3 is 9.64 Å². The van der Waals surface area contributed by atoms with Crippen molar-refractivity contribution in [1.29, 1.82) is 5.26 Å². The van der Waals surface area contributed by atoms with E-state index in [1.807, 2.05) is 36.4 Å². The zero-order chi connectivity index (χ0) is 14.8. The largest absolute Gasteiger partial charge is 0.385 e. The highest BCUT2D eigenvalue weighted by molar-refractivity contribution is 6.11. The van der Waals surface area contributed by atoms with Crippen molar-refractivity contribution in [1.82, 2.24) is 4.90 Å². The summed E-state index contributed by atoms with van der Waals surface area (Å²) in [4.78, 5) is 14.4. The summed E-state index contributed by atoms with van der Waals surface area (Å²) in [7, 11) is 1.63. The molecule has 0 bridgehead atoms. The van der Waals surface area contributed by atoms with Gasteiger partial charge in [-0.15, -0.1) is 0 Å². The van der Waals surface area contributed by atoms with Crippen LogP contribution in [-0.2, 0) is 4.74 Å².